The van der Waals surface area contributed by atoms with Gasteiger partial charge in [0.15, 0.2) is 0 Å². The Labute approximate surface area is 273 Å². The van der Waals surface area contributed by atoms with Crippen LogP contribution in [-0.2, 0) is 10.8 Å². The van der Waals surface area contributed by atoms with Gasteiger partial charge in [0.25, 0.3) is 0 Å². The van der Waals surface area contributed by atoms with E-state index in [9.17, 15) is 0 Å². The van der Waals surface area contributed by atoms with Crippen LogP contribution >= 0.6 is 0 Å². The van der Waals surface area contributed by atoms with E-state index in [0.29, 0.717) is 11.8 Å². The molecule has 46 heavy (non-hydrogen) atoms. The fourth-order valence-electron chi connectivity index (χ4n) is 11.2. The molecule has 2 aromatic heterocycles. The Balaban J connectivity index is 1.26. The van der Waals surface area contributed by atoms with Crippen molar-refractivity contribution in [3.8, 4) is 11.1 Å². The summed E-state index contributed by atoms with van der Waals surface area (Å²) in [7, 11) is 0. The summed E-state index contributed by atoms with van der Waals surface area (Å²) >= 11 is 0. The second kappa shape index (κ2) is 8.79. The van der Waals surface area contributed by atoms with Gasteiger partial charge in [0, 0.05) is 60.0 Å². The average Bonchev–Trinajstić information content (AvgIpc) is 3.87. The van der Waals surface area contributed by atoms with Crippen LogP contribution in [0.4, 0.5) is 11.4 Å². The zero-order valence-corrected chi connectivity index (χ0v) is 28.6. The van der Waals surface area contributed by atoms with Crippen LogP contribution in [0.1, 0.15) is 128 Å². The molecule has 238 valence electrons. The van der Waals surface area contributed by atoms with Gasteiger partial charge in [0.1, 0.15) is 11.0 Å². The molecule has 2 aliphatic heterocycles. The minimum absolute atomic E-state index is 0.0742. The van der Waals surface area contributed by atoms with E-state index in [1.54, 1.807) is 0 Å². The molecular formula is C40H48N6. The van der Waals surface area contributed by atoms with E-state index in [1.807, 2.05) is 0 Å². The van der Waals surface area contributed by atoms with Crippen LogP contribution in [0.5, 0.6) is 0 Å². The van der Waals surface area contributed by atoms with E-state index >= 15 is 0 Å². The van der Waals surface area contributed by atoms with E-state index < -0.39 is 0 Å². The van der Waals surface area contributed by atoms with Crippen molar-refractivity contribution in [3.05, 3.63) is 47.0 Å². The van der Waals surface area contributed by atoms with Crippen molar-refractivity contribution in [2.75, 3.05) is 36.0 Å². The van der Waals surface area contributed by atoms with Gasteiger partial charge in [-0.15, -0.1) is 0 Å². The van der Waals surface area contributed by atoms with Gasteiger partial charge in [-0.25, -0.2) is 19.9 Å². The predicted molar refractivity (Wildman–Crippen MR) is 187 cm³/mol. The topological polar surface area (TPSA) is 58.0 Å². The first-order valence-corrected chi connectivity index (χ1v) is 18.3. The number of aromatic nitrogens is 4. The zero-order valence-electron chi connectivity index (χ0n) is 28.6. The van der Waals surface area contributed by atoms with Gasteiger partial charge >= 0.3 is 0 Å². The van der Waals surface area contributed by atoms with Crippen molar-refractivity contribution in [2.45, 2.75) is 116 Å². The summed E-state index contributed by atoms with van der Waals surface area (Å²) in [6.45, 7) is 19.1. The lowest BCUT2D eigenvalue weighted by atomic mass is 9.70. The molecule has 4 atom stereocenters. The quantitative estimate of drug-likeness (QED) is 0.231. The minimum atomic E-state index is 0.0742. The Bertz CT molecular complexity index is 1840. The molecule has 4 heterocycles. The van der Waals surface area contributed by atoms with E-state index in [4.69, 9.17) is 19.9 Å². The molecule has 0 spiro atoms. The molecule has 0 unspecified atom stereocenters. The van der Waals surface area contributed by atoms with Crippen LogP contribution < -0.4 is 9.80 Å². The van der Waals surface area contributed by atoms with Crippen molar-refractivity contribution in [2.24, 2.45) is 10.8 Å². The molecule has 6 nitrogen and oxygen atoms in total. The lowest BCUT2D eigenvalue weighted by Crippen LogP contribution is -2.32. The number of fused-ring (bicyclic) bond motifs is 12. The fourth-order valence-corrected chi connectivity index (χ4v) is 11.2. The first-order chi connectivity index (χ1) is 22.0. The van der Waals surface area contributed by atoms with Crippen molar-refractivity contribution in [1.29, 1.82) is 0 Å². The predicted octanol–water partition coefficient (Wildman–Crippen LogP) is 8.79. The van der Waals surface area contributed by atoms with Gasteiger partial charge in [-0.1, -0.05) is 41.5 Å². The highest BCUT2D eigenvalue weighted by atomic mass is 15.2. The molecule has 6 aliphatic rings. The summed E-state index contributed by atoms with van der Waals surface area (Å²) in [5, 5.41) is 0. The lowest BCUT2D eigenvalue weighted by molar-refractivity contribution is 0.227. The molecule has 2 aromatic carbocycles. The molecule has 0 amide bonds. The second-order valence-corrected chi connectivity index (χ2v) is 17.3. The highest BCUT2D eigenvalue weighted by Gasteiger charge is 2.62. The Morgan fingerprint density at radius 3 is 1.30 bits per heavy atom. The molecule has 4 aromatic rings. The summed E-state index contributed by atoms with van der Waals surface area (Å²) in [6.07, 6.45) is 9.80. The third kappa shape index (κ3) is 3.15. The van der Waals surface area contributed by atoms with Crippen LogP contribution in [0, 0.1) is 10.8 Å². The number of hydrogen-bond donors (Lipinski definition) is 0. The summed E-state index contributed by atoms with van der Waals surface area (Å²) in [5.74, 6) is 0.923. The highest BCUT2D eigenvalue weighted by molar-refractivity contribution is 6.07. The number of hydrogen-bond acceptors (Lipinski definition) is 6. The molecule has 6 heteroatoms. The minimum Gasteiger partial charge on any atom is -0.370 e. The van der Waals surface area contributed by atoms with Gasteiger partial charge in [-0.05, 0) is 86.5 Å². The first kappa shape index (κ1) is 27.8. The van der Waals surface area contributed by atoms with Crippen LogP contribution in [0.2, 0.25) is 0 Å². The number of benzene rings is 2. The van der Waals surface area contributed by atoms with E-state index in [2.05, 4.69) is 75.6 Å². The fraction of sp³-hybridized carbons (Fsp3) is 0.600. The van der Waals surface area contributed by atoms with Crippen molar-refractivity contribution in [3.63, 3.8) is 0 Å². The standard InChI is InChI=1S/C40H48N6/c1-37(2)25-15-17-39(37,5)35-31(25)41-29-23(11-13-27(33(29)43-35)45-19-7-8-20-45)24-12-14-28(46-21-9-10-22-46)34-30(24)42-32-26-16-18-40(6,36(32)44-34)38(26,3)4/h11-14,25-26H,7-10,15-22H2,1-6H3/t25-,26-,39+,40+/m1/s1. The molecule has 10 rings (SSSR count). The Morgan fingerprint density at radius 2 is 0.913 bits per heavy atom. The van der Waals surface area contributed by atoms with Crippen molar-refractivity contribution in [1.82, 2.24) is 19.9 Å². The third-order valence-electron chi connectivity index (χ3n) is 15.0. The molecule has 0 radical (unpaired) electrons. The Hall–Kier alpha value is -3.28. The SMILES string of the molecule is CC1(C)[C@@H]2CC[C@@]1(C)c1nc3c(N4CCCC4)ccc(-c4ccc(N5CCCC5)c5nc6c(nc45)[C@H]4CC[C@]6(C)C4(C)C)c3nc12. The van der Waals surface area contributed by atoms with Crippen LogP contribution in [0.15, 0.2) is 24.3 Å². The zero-order chi connectivity index (χ0) is 31.4. The summed E-state index contributed by atoms with van der Waals surface area (Å²) in [6, 6.07) is 9.37. The monoisotopic (exact) mass is 612 g/mol. The molecule has 4 bridgehead atoms. The number of nitrogens with zero attached hydrogens (tertiary/aromatic N) is 6. The molecule has 0 N–H and O–H groups in total. The van der Waals surface area contributed by atoms with Crippen molar-refractivity contribution >= 4 is 33.4 Å². The van der Waals surface area contributed by atoms with E-state index in [1.165, 1.54) is 96.6 Å². The van der Waals surface area contributed by atoms with E-state index in [-0.39, 0.29) is 21.7 Å². The average molecular weight is 613 g/mol. The van der Waals surface area contributed by atoms with Gasteiger partial charge in [-0.3, -0.25) is 0 Å². The van der Waals surface area contributed by atoms with Gasteiger partial charge in [0.05, 0.1) is 45.2 Å². The molecule has 2 saturated heterocycles. The highest BCUT2D eigenvalue weighted by Crippen LogP contribution is 2.68. The van der Waals surface area contributed by atoms with Crippen molar-refractivity contribution < 1.29 is 0 Å². The molecule has 4 aliphatic carbocycles. The third-order valence-corrected chi connectivity index (χ3v) is 15.0. The number of rotatable bonds is 3. The maximum Gasteiger partial charge on any atom is 0.113 e. The summed E-state index contributed by atoms with van der Waals surface area (Å²) in [4.78, 5) is 27.8. The van der Waals surface area contributed by atoms with Gasteiger partial charge in [0.2, 0.25) is 0 Å². The summed E-state index contributed by atoms with van der Waals surface area (Å²) in [5.41, 5.74) is 14.6. The van der Waals surface area contributed by atoms with Crippen LogP contribution in [0.25, 0.3) is 33.2 Å². The summed E-state index contributed by atoms with van der Waals surface area (Å²) < 4.78 is 0. The largest absolute Gasteiger partial charge is 0.370 e. The maximum absolute atomic E-state index is 5.69. The molecule has 4 fully saturated rings. The molecule has 2 saturated carbocycles. The maximum atomic E-state index is 5.69. The Kier molecular flexibility index (Phi) is 5.31. The van der Waals surface area contributed by atoms with Gasteiger partial charge < -0.3 is 9.80 Å². The number of anilines is 2. The normalized spacial score (nSPS) is 31.5. The Morgan fingerprint density at radius 1 is 0.522 bits per heavy atom. The van der Waals surface area contributed by atoms with Crippen LogP contribution in [0.3, 0.4) is 0 Å². The smallest absolute Gasteiger partial charge is 0.113 e. The van der Waals surface area contributed by atoms with Gasteiger partial charge in [-0.2, -0.15) is 0 Å². The second-order valence-electron chi connectivity index (χ2n) is 17.3. The first-order valence-electron chi connectivity index (χ1n) is 18.3. The molecular weight excluding hydrogens is 564 g/mol. The lowest BCUT2D eigenvalue weighted by Gasteiger charge is -2.34. The van der Waals surface area contributed by atoms with E-state index in [0.717, 1.165) is 48.2 Å². The van der Waals surface area contributed by atoms with Crippen LogP contribution in [-0.4, -0.2) is 46.1 Å².